The van der Waals surface area contributed by atoms with Gasteiger partial charge in [0.1, 0.15) is 0 Å². The van der Waals surface area contributed by atoms with Crippen molar-refractivity contribution in [1.29, 1.82) is 0 Å². The van der Waals surface area contributed by atoms with Crippen LogP contribution in [0.4, 0.5) is 0 Å². The third-order valence-electron chi connectivity index (χ3n) is 6.19. The van der Waals surface area contributed by atoms with Gasteiger partial charge in [0.15, 0.2) is 0 Å². The summed E-state index contributed by atoms with van der Waals surface area (Å²) in [7, 11) is 0. The van der Waals surface area contributed by atoms with E-state index in [0.717, 1.165) is 32.1 Å². The molecule has 0 aromatic heterocycles. The number of carbonyl (C=O) groups is 1. The molecule has 4 heteroatoms. The molecule has 0 aliphatic heterocycles. The number of unbranched alkanes of at least 4 members (excludes halogenated alkanes) is 15. The van der Waals surface area contributed by atoms with Gasteiger partial charge in [-0.05, 0) is 32.1 Å². The van der Waals surface area contributed by atoms with E-state index in [1.165, 1.54) is 83.5 Å². The van der Waals surface area contributed by atoms with Crippen LogP contribution >= 0.6 is 0 Å². The Morgan fingerprint density at radius 2 is 1.18 bits per heavy atom. The number of hydrogen-bond acceptors (Lipinski definition) is 3. The molecule has 1 amide bonds. The zero-order chi connectivity index (χ0) is 24.4. The second-order valence-corrected chi connectivity index (χ2v) is 9.46. The Kier molecular flexibility index (Phi) is 24.6. The third-order valence-corrected chi connectivity index (χ3v) is 6.19. The maximum absolute atomic E-state index is 12.2. The number of allylic oxidation sites excluding steroid dienone is 3. The van der Waals surface area contributed by atoms with Crippen molar-refractivity contribution in [2.24, 2.45) is 0 Å². The molecule has 194 valence electrons. The van der Waals surface area contributed by atoms with Gasteiger partial charge in [0.25, 0.3) is 0 Å². The summed E-state index contributed by atoms with van der Waals surface area (Å²) in [5, 5.41) is 22.6. The summed E-state index contributed by atoms with van der Waals surface area (Å²) in [4.78, 5) is 12.2. The maximum atomic E-state index is 12.2. The van der Waals surface area contributed by atoms with Crippen molar-refractivity contribution in [3.63, 3.8) is 0 Å². The van der Waals surface area contributed by atoms with Gasteiger partial charge in [-0.1, -0.05) is 122 Å². The van der Waals surface area contributed by atoms with E-state index in [9.17, 15) is 15.0 Å². The Balaban J connectivity index is 3.74. The number of carbonyl (C=O) groups excluding carboxylic acids is 1. The molecule has 2 atom stereocenters. The highest BCUT2D eigenvalue weighted by Gasteiger charge is 2.17. The van der Waals surface area contributed by atoms with Crippen LogP contribution in [0.5, 0.6) is 0 Å². The molecule has 0 rings (SSSR count). The number of aliphatic hydroxyl groups is 2. The van der Waals surface area contributed by atoms with Gasteiger partial charge in [0.05, 0.1) is 18.8 Å². The minimum atomic E-state index is -0.852. The van der Waals surface area contributed by atoms with Crippen LogP contribution in [0.3, 0.4) is 0 Å². The molecule has 4 nitrogen and oxygen atoms in total. The molecule has 0 bridgehead atoms. The molecular weight excluding hydrogens is 410 g/mol. The predicted molar refractivity (Wildman–Crippen MR) is 142 cm³/mol. The normalized spacial score (nSPS) is 13.7. The van der Waals surface area contributed by atoms with Crippen LogP contribution in [0.25, 0.3) is 0 Å². The fraction of sp³-hybridized carbons (Fsp3) is 0.828. The highest BCUT2D eigenvalue weighted by Crippen LogP contribution is 2.12. The summed E-state index contributed by atoms with van der Waals surface area (Å²) >= 11 is 0. The van der Waals surface area contributed by atoms with Crippen molar-refractivity contribution in [3.8, 4) is 0 Å². The second kappa shape index (κ2) is 25.5. The first kappa shape index (κ1) is 31.9. The Hall–Kier alpha value is -1.13. The molecule has 0 aromatic carbocycles. The van der Waals surface area contributed by atoms with Crippen LogP contribution in [0.2, 0.25) is 0 Å². The first-order valence-electron chi connectivity index (χ1n) is 14.1. The van der Waals surface area contributed by atoms with Crippen molar-refractivity contribution in [2.45, 2.75) is 148 Å². The summed E-state index contributed by atoms with van der Waals surface area (Å²) < 4.78 is 0. The number of rotatable bonds is 24. The van der Waals surface area contributed by atoms with Crippen LogP contribution in [0.15, 0.2) is 24.3 Å². The van der Waals surface area contributed by atoms with Gasteiger partial charge in [-0.2, -0.15) is 0 Å². The van der Waals surface area contributed by atoms with E-state index in [-0.39, 0.29) is 12.5 Å². The largest absolute Gasteiger partial charge is 0.394 e. The lowest BCUT2D eigenvalue weighted by molar-refractivity contribution is -0.123. The quantitative estimate of drug-likeness (QED) is 0.103. The number of amides is 1. The van der Waals surface area contributed by atoms with E-state index in [1.807, 2.05) is 6.08 Å². The SMILES string of the molecule is CCCCC/C=C/CC/C=C/C(O)C(CO)NC(=O)CCCCCCCCCCCCCC. The Bertz CT molecular complexity index is 475. The van der Waals surface area contributed by atoms with E-state index in [2.05, 4.69) is 31.3 Å². The summed E-state index contributed by atoms with van der Waals surface area (Å²) in [6.07, 6.45) is 29.6. The van der Waals surface area contributed by atoms with E-state index >= 15 is 0 Å². The van der Waals surface area contributed by atoms with Crippen molar-refractivity contribution in [1.82, 2.24) is 5.32 Å². The highest BCUT2D eigenvalue weighted by atomic mass is 16.3. The van der Waals surface area contributed by atoms with E-state index in [1.54, 1.807) is 6.08 Å². The Labute approximate surface area is 205 Å². The van der Waals surface area contributed by atoms with Gasteiger partial charge in [0, 0.05) is 6.42 Å². The van der Waals surface area contributed by atoms with Gasteiger partial charge in [0.2, 0.25) is 5.91 Å². The van der Waals surface area contributed by atoms with E-state index in [0.29, 0.717) is 6.42 Å². The van der Waals surface area contributed by atoms with Gasteiger partial charge < -0.3 is 15.5 Å². The summed E-state index contributed by atoms with van der Waals surface area (Å²) in [6.45, 7) is 4.21. The van der Waals surface area contributed by atoms with Crippen molar-refractivity contribution in [2.75, 3.05) is 6.61 Å². The van der Waals surface area contributed by atoms with E-state index in [4.69, 9.17) is 0 Å². The lowest BCUT2D eigenvalue weighted by atomic mass is 10.0. The van der Waals surface area contributed by atoms with Gasteiger partial charge >= 0.3 is 0 Å². The zero-order valence-electron chi connectivity index (χ0n) is 21.9. The summed E-state index contributed by atoms with van der Waals surface area (Å²) in [6, 6.07) is -0.629. The fourth-order valence-electron chi connectivity index (χ4n) is 3.95. The molecule has 2 unspecified atom stereocenters. The van der Waals surface area contributed by atoms with Gasteiger partial charge in [-0.15, -0.1) is 0 Å². The summed E-state index contributed by atoms with van der Waals surface area (Å²) in [5.41, 5.74) is 0. The highest BCUT2D eigenvalue weighted by molar-refractivity contribution is 5.76. The molecule has 0 spiro atoms. The molecule has 0 saturated heterocycles. The minimum Gasteiger partial charge on any atom is -0.394 e. The molecule has 0 aliphatic rings. The number of nitrogens with one attached hydrogen (secondary N) is 1. The molecule has 3 N–H and O–H groups in total. The molecule has 0 aliphatic carbocycles. The first-order chi connectivity index (χ1) is 16.2. The molecule has 0 heterocycles. The summed E-state index contributed by atoms with van der Waals surface area (Å²) in [5.74, 6) is -0.0800. The van der Waals surface area contributed by atoms with Crippen LogP contribution in [0, 0.1) is 0 Å². The monoisotopic (exact) mass is 465 g/mol. The van der Waals surface area contributed by atoms with Crippen LogP contribution in [0.1, 0.15) is 136 Å². The lowest BCUT2D eigenvalue weighted by Crippen LogP contribution is -2.45. The van der Waals surface area contributed by atoms with E-state index < -0.39 is 12.1 Å². The Morgan fingerprint density at radius 1 is 0.697 bits per heavy atom. The van der Waals surface area contributed by atoms with Crippen LogP contribution < -0.4 is 5.32 Å². The average molecular weight is 466 g/mol. The number of hydrogen-bond donors (Lipinski definition) is 3. The van der Waals surface area contributed by atoms with Crippen LogP contribution in [-0.2, 0) is 4.79 Å². The average Bonchev–Trinajstić information content (AvgIpc) is 2.82. The fourth-order valence-corrected chi connectivity index (χ4v) is 3.95. The van der Waals surface area contributed by atoms with Gasteiger partial charge in [-0.3, -0.25) is 4.79 Å². The minimum absolute atomic E-state index is 0.0800. The molecular formula is C29H55NO3. The molecule has 0 radical (unpaired) electrons. The number of aliphatic hydroxyl groups excluding tert-OH is 2. The first-order valence-corrected chi connectivity index (χ1v) is 14.1. The molecule has 0 fully saturated rings. The van der Waals surface area contributed by atoms with Crippen molar-refractivity contribution >= 4 is 5.91 Å². The second-order valence-electron chi connectivity index (χ2n) is 9.46. The standard InChI is InChI=1S/C29H55NO3/c1-3-5-7-9-11-13-14-15-17-19-21-23-25-29(33)30-27(26-31)28(32)24-22-20-18-16-12-10-8-6-4-2/h12,16,22,24,27-28,31-32H,3-11,13-15,17-21,23,25-26H2,1-2H3,(H,30,33)/b16-12+,24-22+. The Morgan fingerprint density at radius 3 is 1.76 bits per heavy atom. The maximum Gasteiger partial charge on any atom is 0.220 e. The van der Waals surface area contributed by atoms with Crippen LogP contribution in [-0.4, -0.2) is 34.9 Å². The topological polar surface area (TPSA) is 69.6 Å². The predicted octanol–water partition coefficient (Wildman–Crippen LogP) is 7.39. The van der Waals surface area contributed by atoms with Crippen molar-refractivity contribution < 1.29 is 15.0 Å². The van der Waals surface area contributed by atoms with Crippen molar-refractivity contribution in [3.05, 3.63) is 24.3 Å². The third kappa shape index (κ3) is 22.4. The smallest absolute Gasteiger partial charge is 0.220 e. The van der Waals surface area contributed by atoms with Gasteiger partial charge in [-0.25, -0.2) is 0 Å². The molecule has 0 aromatic rings. The molecule has 0 saturated carbocycles. The zero-order valence-corrected chi connectivity index (χ0v) is 21.9. The lowest BCUT2D eigenvalue weighted by Gasteiger charge is -2.19. The molecule has 33 heavy (non-hydrogen) atoms.